The molecule has 3 rings (SSSR count). The zero-order chi connectivity index (χ0) is 20.6. The van der Waals surface area contributed by atoms with Crippen LogP contribution in [-0.4, -0.2) is 35.3 Å². The van der Waals surface area contributed by atoms with E-state index < -0.39 is 0 Å². The summed E-state index contributed by atoms with van der Waals surface area (Å²) in [4.78, 5) is 0. The third kappa shape index (κ3) is 5.52. The summed E-state index contributed by atoms with van der Waals surface area (Å²) in [6.07, 6.45) is 3.50. The van der Waals surface area contributed by atoms with Gasteiger partial charge in [0.05, 0.1) is 20.4 Å². The van der Waals surface area contributed by atoms with Gasteiger partial charge in [0, 0.05) is 22.8 Å². The van der Waals surface area contributed by atoms with Gasteiger partial charge in [-0.2, -0.15) is 9.78 Å². The quantitative estimate of drug-likeness (QED) is 0.350. The fraction of sp³-hybridized carbons (Fsp3) is 0.286. The van der Waals surface area contributed by atoms with Crippen molar-refractivity contribution in [3.05, 3.63) is 64.4 Å². The van der Waals surface area contributed by atoms with Crippen molar-refractivity contribution in [2.24, 2.45) is 5.10 Å². The molecule has 1 heterocycles. The first-order chi connectivity index (χ1) is 14.1. The number of hydrogen-bond acceptors (Lipinski definition) is 6. The van der Waals surface area contributed by atoms with E-state index >= 15 is 0 Å². The summed E-state index contributed by atoms with van der Waals surface area (Å²) in [5, 5.41) is 14.8. The zero-order valence-electron chi connectivity index (χ0n) is 16.6. The standard InChI is InChI=1S/C21H23ClN4O2S/c1-4-5-20-24-25-21(29-14-15-6-8-17(22)9-7-15)26(20)23-13-16-12-18(27-2)10-11-19(16)28-3/h6-13H,4-5,14H2,1-3H3/b23-13+. The molecule has 0 saturated carbocycles. The molecule has 0 saturated heterocycles. The van der Waals surface area contributed by atoms with Gasteiger partial charge in [-0.1, -0.05) is 42.4 Å². The lowest BCUT2D eigenvalue weighted by atomic mass is 10.2. The molecule has 0 aliphatic carbocycles. The van der Waals surface area contributed by atoms with Crippen molar-refractivity contribution in [1.82, 2.24) is 14.9 Å². The van der Waals surface area contributed by atoms with Gasteiger partial charge < -0.3 is 9.47 Å². The van der Waals surface area contributed by atoms with Crippen LogP contribution < -0.4 is 9.47 Å². The number of ether oxygens (including phenoxy) is 2. The van der Waals surface area contributed by atoms with E-state index in [4.69, 9.17) is 21.1 Å². The van der Waals surface area contributed by atoms with Gasteiger partial charge in [-0.15, -0.1) is 10.2 Å². The normalized spacial score (nSPS) is 11.2. The fourth-order valence-electron chi connectivity index (χ4n) is 2.67. The van der Waals surface area contributed by atoms with Gasteiger partial charge in [0.25, 0.3) is 0 Å². The molecule has 6 nitrogen and oxygen atoms in total. The van der Waals surface area contributed by atoms with Crippen molar-refractivity contribution in [3.8, 4) is 11.5 Å². The maximum Gasteiger partial charge on any atom is 0.212 e. The summed E-state index contributed by atoms with van der Waals surface area (Å²) in [5.41, 5.74) is 1.97. The molecule has 0 amide bonds. The highest BCUT2D eigenvalue weighted by molar-refractivity contribution is 7.98. The van der Waals surface area contributed by atoms with E-state index in [0.717, 1.165) is 57.2 Å². The maximum absolute atomic E-state index is 5.97. The minimum atomic E-state index is 0.718. The second-order valence-corrected chi connectivity index (χ2v) is 7.61. The van der Waals surface area contributed by atoms with Crippen LogP contribution in [0.5, 0.6) is 11.5 Å². The second kappa shape index (κ2) is 10.3. The Hall–Kier alpha value is -2.51. The molecule has 0 bridgehead atoms. The van der Waals surface area contributed by atoms with Crippen molar-refractivity contribution >= 4 is 29.6 Å². The lowest BCUT2D eigenvalue weighted by Crippen LogP contribution is -2.01. The Kier molecular flexibility index (Phi) is 7.55. The van der Waals surface area contributed by atoms with Crippen molar-refractivity contribution in [1.29, 1.82) is 0 Å². The third-order valence-corrected chi connectivity index (χ3v) is 5.42. The van der Waals surface area contributed by atoms with Crippen LogP contribution in [0.25, 0.3) is 0 Å². The summed E-state index contributed by atoms with van der Waals surface area (Å²) in [6.45, 7) is 2.11. The number of halogens is 1. The zero-order valence-corrected chi connectivity index (χ0v) is 18.2. The summed E-state index contributed by atoms with van der Waals surface area (Å²) >= 11 is 7.55. The average molecular weight is 431 g/mol. The lowest BCUT2D eigenvalue weighted by molar-refractivity contribution is 0.402. The number of thioether (sulfide) groups is 1. The molecule has 2 aromatic carbocycles. The molecule has 29 heavy (non-hydrogen) atoms. The Labute approximate surface area is 179 Å². The van der Waals surface area contributed by atoms with Crippen LogP contribution in [0.15, 0.2) is 52.7 Å². The second-order valence-electron chi connectivity index (χ2n) is 6.23. The molecule has 0 radical (unpaired) electrons. The maximum atomic E-state index is 5.97. The van der Waals surface area contributed by atoms with Gasteiger partial charge in [-0.25, -0.2) is 0 Å². The lowest BCUT2D eigenvalue weighted by Gasteiger charge is -2.08. The van der Waals surface area contributed by atoms with E-state index in [0.29, 0.717) is 0 Å². The van der Waals surface area contributed by atoms with E-state index in [1.165, 1.54) is 0 Å². The SMILES string of the molecule is CCCc1nnc(SCc2ccc(Cl)cc2)n1/N=C/c1cc(OC)ccc1OC. The summed E-state index contributed by atoms with van der Waals surface area (Å²) in [6, 6.07) is 13.4. The Morgan fingerprint density at radius 2 is 1.90 bits per heavy atom. The highest BCUT2D eigenvalue weighted by Crippen LogP contribution is 2.25. The van der Waals surface area contributed by atoms with Crippen molar-refractivity contribution < 1.29 is 9.47 Å². The molecule has 152 valence electrons. The Bertz CT molecular complexity index is 973. The first-order valence-electron chi connectivity index (χ1n) is 9.22. The molecule has 0 unspecified atom stereocenters. The van der Waals surface area contributed by atoms with Gasteiger partial charge in [-0.3, -0.25) is 0 Å². The molecule has 3 aromatic rings. The van der Waals surface area contributed by atoms with Crippen LogP contribution in [0.1, 0.15) is 30.3 Å². The minimum Gasteiger partial charge on any atom is -0.497 e. The summed E-state index contributed by atoms with van der Waals surface area (Å²) in [7, 11) is 3.27. The number of aryl methyl sites for hydroxylation is 1. The molecular weight excluding hydrogens is 408 g/mol. The highest BCUT2D eigenvalue weighted by atomic mass is 35.5. The van der Waals surface area contributed by atoms with Crippen LogP contribution in [0.4, 0.5) is 0 Å². The van der Waals surface area contributed by atoms with Gasteiger partial charge >= 0.3 is 0 Å². The first-order valence-corrected chi connectivity index (χ1v) is 10.6. The van der Waals surface area contributed by atoms with Gasteiger partial charge in [0.1, 0.15) is 11.5 Å². The van der Waals surface area contributed by atoms with E-state index in [1.807, 2.05) is 42.5 Å². The average Bonchev–Trinajstić information content (AvgIpc) is 3.13. The van der Waals surface area contributed by atoms with E-state index in [1.54, 1.807) is 36.9 Å². The summed E-state index contributed by atoms with van der Waals surface area (Å²) < 4.78 is 12.5. The number of rotatable bonds is 9. The fourth-order valence-corrected chi connectivity index (χ4v) is 3.66. The van der Waals surface area contributed by atoms with Gasteiger partial charge in [-0.05, 0) is 42.3 Å². The monoisotopic (exact) mass is 430 g/mol. The molecule has 8 heteroatoms. The van der Waals surface area contributed by atoms with E-state index in [-0.39, 0.29) is 0 Å². The molecule has 0 fully saturated rings. The van der Waals surface area contributed by atoms with Crippen LogP contribution >= 0.6 is 23.4 Å². The largest absolute Gasteiger partial charge is 0.497 e. The smallest absolute Gasteiger partial charge is 0.212 e. The predicted octanol–water partition coefficient (Wildman–Crippen LogP) is 5.08. The highest BCUT2D eigenvalue weighted by Gasteiger charge is 2.12. The number of nitrogens with zero attached hydrogens (tertiary/aromatic N) is 4. The number of benzene rings is 2. The van der Waals surface area contributed by atoms with Crippen molar-refractivity contribution in [2.45, 2.75) is 30.7 Å². The van der Waals surface area contributed by atoms with Crippen molar-refractivity contribution in [2.75, 3.05) is 14.2 Å². The Morgan fingerprint density at radius 1 is 1.10 bits per heavy atom. The molecule has 0 aliphatic rings. The molecule has 0 spiro atoms. The topological polar surface area (TPSA) is 61.5 Å². The number of hydrogen-bond donors (Lipinski definition) is 0. The van der Waals surface area contributed by atoms with E-state index in [2.05, 4.69) is 22.2 Å². The predicted molar refractivity (Wildman–Crippen MR) is 118 cm³/mol. The molecule has 0 atom stereocenters. The molecule has 0 N–H and O–H groups in total. The number of aromatic nitrogens is 3. The van der Waals surface area contributed by atoms with Crippen LogP contribution in [0, 0.1) is 0 Å². The van der Waals surface area contributed by atoms with Crippen molar-refractivity contribution in [3.63, 3.8) is 0 Å². The minimum absolute atomic E-state index is 0.718. The first kappa shape index (κ1) is 21.2. The molecular formula is C21H23ClN4O2S. The molecule has 0 aliphatic heterocycles. The third-order valence-electron chi connectivity index (χ3n) is 4.18. The molecule has 1 aromatic heterocycles. The summed E-state index contributed by atoms with van der Waals surface area (Å²) in [5.74, 6) is 3.03. The van der Waals surface area contributed by atoms with Crippen LogP contribution in [-0.2, 0) is 12.2 Å². The van der Waals surface area contributed by atoms with E-state index in [9.17, 15) is 0 Å². The Balaban J connectivity index is 1.86. The van der Waals surface area contributed by atoms with Crippen LogP contribution in [0.3, 0.4) is 0 Å². The van der Waals surface area contributed by atoms with Gasteiger partial charge in [0.2, 0.25) is 5.16 Å². The van der Waals surface area contributed by atoms with Crippen LogP contribution in [0.2, 0.25) is 5.02 Å². The van der Waals surface area contributed by atoms with Gasteiger partial charge in [0.15, 0.2) is 5.82 Å². The Morgan fingerprint density at radius 3 is 2.59 bits per heavy atom. The number of methoxy groups -OCH3 is 2.